The summed E-state index contributed by atoms with van der Waals surface area (Å²) in [7, 11) is 1.60. The fourth-order valence-corrected chi connectivity index (χ4v) is 2.42. The van der Waals surface area contributed by atoms with Crippen molar-refractivity contribution in [1.29, 1.82) is 0 Å². The van der Waals surface area contributed by atoms with Crippen LogP contribution in [-0.4, -0.2) is 23.9 Å². The molecule has 0 aliphatic rings. The number of carbonyl (C=O) groups excluding carboxylic acids is 1. The summed E-state index contributed by atoms with van der Waals surface area (Å²) < 4.78 is 9.43. The lowest BCUT2D eigenvalue weighted by atomic mass is 10.1. The van der Waals surface area contributed by atoms with Crippen molar-refractivity contribution in [2.45, 2.75) is 6.92 Å². The number of nitrogens with one attached hydrogen (secondary N) is 1. The molecule has 1 aromatic heterocycles. The highest BCUT2D eigenvalue weighted by Crippen LogP contribution is 2.32. The number of anilines is 1. The number of carbonyl (C=O) groups is 1. The maximum Gasteiger partial charge on any atom is 0.265 e. The van der Waals surface area contributed by atoms with Crippen molar-refractivity contribution in [2.24, 2.45) is 0 Å². The minimum absolute atomic E-state index is 0.188. The smallest absolute Gasteiger partial charge is 0.265 e. The second kappa shape index (κ2) is 5.71. The van der Waals surface area contributed by atoms with E-state index in [1.165, 1.54) is 0 Å². The van der Waals surface area contributed by atoms with E-state index in [9.17, 15) is 4.79 Å². The van der Waals surface area contributed by atoms with Crippen molar-refractivity contribution in [1.82, 2.24) is 9.69 Å². The quantitative estimate of drug-likeness (QED) is 0.897. The maximum atomic E-state index is 11.8. The Morgan fingerprint density at radius 3 is 3.00 bits per heavy atom. The highest BCUT2D eigenvalue weighted by Gasteiger charge is 2.18. The second-order valence-electron chi connectivity index (χ2n) is 3.87. The summed E-state index contributed by atoms with van der Waals surface area (Å²) in [6.07, 6.45) is 0. The molecule has 3 N–H and O–H groups in total. The largest absolute Gasteiger partial charge is 0.497 e. The first-order chi connectivity index (χ1) is 9.17. The molecule has 0 aliphatic heterocycles. The van der Waals surface area contributed by atoms with E-state index < -0.39 is 0 Å². The van der Waals surface area contributed by atoms with Gasteiger partial charge in [0.1, 0.15) is 16.3 Å². The third-order valence-corrected chi connectivity index (χ3v) is 3.48. The molecule has 0 saturated carbocycles. The average molecular weight is 277 g/mol. The van der Waals surface area contributed by atoms with Crippen molar-refractivity contribution in [3.8, 4) is 17.0 Å². The van der Waals surface area contributed by atoms with Crippen molar-refractivity contribution in [3.63, 3.8) is 0 Å². The number of nitrogens with two attached hydrogens (primary N) is 1. The monoisotopic (exact) mass is 277 g/mol. The van der Waals surface area contributed by atoms with E-state index in [4.69, 9.17) is 10.5 Å². The number of hydrogen-bond donors (Lipinski definition) is 2. The Hall–Kier alpha value is -2.08. The van der Waals surface area contributed by atoms with Gasteiger partial charge in [-0.3, -0.25) is 4.79 Å². The van der Waals surface area contributed by atoms with Crippen LogP contribution in [0, 0.1) is 0 Å². The van der Waals surface area contributed by atoms with Gasteiger partial charge in [-0.05, 0) is 30.6 Å². The molecule has 0 aliphatic carbocycles. The number of nitrogens with zero attached hydrogens (tertiary/aromatic N) is 1. The van der Waals surface area contributed by atoms with Crippen molar-refractivity contribution in [3.05, 3.63) is 29.1 Å². The fourth-order valence-electron chi connectivity index (χ4n) is 1.68. The highest BCUT2D eigenvalue weighted by atomic mass is 32.1. The Labute approximate surface area is 115 Å². The fraction of sp³-hybridized carbons (Fsp3) is 0.231. The number of nitrogen functional groups attached to an aromatic ring is 1. The summed E-state index contributed by atoms with van der Waals surface area (Å²) in [6, 6.07) is 7.43. The van der Waals surface area contributed by atoms with Crippen LogP contribution in [-0.2, 0) is 0 Å². The molecular formula is C13H15N3O2S. The third-order valence-electron chi connectivity index (χ3n) is 2.61. The molecule has 0 spiro atoms. The zero-order valence-electron chi connectivity index (χ0n) is 10.8. The minimum Gasteiger partial charge on any atom is -0.497 e. The summed E-state index contributed by atoms with van der Waals surface area (Å²) in [6.45, 7) is 2.42. The molecule has 0 radical (unpaired) electrons. The van der Waals surface area contributed by atoms with Gasteiger partial charge in [-0.1, -0.05) is 12.1 Å². The topological polar surface area (TPSA) is 77.2 Å². The first-order valence-corrected chi connectivity index (χ1v) is 6.62. The van der Waals surface area contributed by atoms with Gasteiger partial charge in [0.05, 0.1) is 12.8 Å². The predicted molar refractivity (Wildman–Crippen MR) is 76.5 cm³/mol. The lowest BCUT2D eigenvalue weighted by Crippen LogP contribution is -2.22. The molecule has 1 amide bonds. The maximum absolute atomic E-state index is 11.8. The number of ether oxygens (including phenoxy) is 1. The Morgan fingerprint density at radius 1 is 1.53 bits per heavy atom. The summed E-state index contributed by atoms with van der Waals surface area (Å²) in [5.74, 6) is 0.538. The number of amides is 1. The molecule has 6 heteroatoms. The van der Waals surface area contributed by atoms with Crippen LogP contribution < -0.4 is 15.8 Å². The molecule has 1 heterocycles. The molecule has 5 nitrogen and oxygen atoms in total. The van der Waals surface area contributed by atoms with Gasteiger partial charge < -0.3 is 15.8 Å². The van der Waals surface area contributed by atoms with Crippen LogP contribution >= 0.6 is 11.5 Å². The summed E-state index contributed by atoms with van der Waals surface area (Å²) in [5, 5.41) is 2.72. The zero-order chi connectivity index (χ0) is 13.8. The van der Waals surface area contributed by atoms with E-state index >= 15 is 0 Å². The van der Waals surface area contributed by atoms with Gasteiger partial charge >= 0.3 is 0 Å². The van der Waals surface area contributed by atoms with Crippen LogP contribution in [0.3, 0.4) is 0 Å². The molecular weight excluding hydrogens is 262 g/mol. The summed E-state index contributed by atoms with van der Waals surface area (Å²) >= 11 is 1.10. The van der Waals surface area contributed by atoms with E-state index in [1.54, 1.807) is 7.11 Å². The number of hydrogen-bond acceptors (Lipinski definition) is 5. The lowest BCUT2D eigenvalue weighted by Gasteiger charge is -2.03. The predicted octanol–water partition coefficient (Wildman–Crippen LogP) is 2.15. The van der Waals surface area contributed by atoms with Crippen LogP contribution in [0.15, 0.2) is 24.3 Å². The molecule has 0 atom stereocenters. The number of aromatic nitrogens is 1. The van der Waals surface area contributed by atoms with Crippen LogP contribution in [0.25, 0.3) is 11.3 Å². The van der Waals surface area contributed by atoms with Gasteiger partial charge in [-0.15, -0.1) is 0 Å². The van der Waals surface area contributed by atoms with Crippen LogP contribution in [0.2, 0.25) is 0 Å². The van der Waals surface area contributed by atoms with Gasteiger partial charge in [0, 0.05) is 12.1 Å². The molecule has 2 rings (SSSR count). The van der Waals surface area contributed by atoms with Gasteiger partial charge in [-0.25, -0.2) is 0 Å². The Balaban J connectivity index is 2.38. The van der Waals surface area contributed by atoms with Crippen LogP contribution in [0.5, 0.6) is 5.75 Å². The molecule has 0 unspecified atom stereocenters. The van der Waals surface area contributed by atoms with E-state index in [2.05, 4.69) is 9.69 Å². The molecule has 100 valence electrons. The zero-order valence-corrected chi connectivity index (χ0v) is 11.6. The van der Waals surface area contributed by atoms with Gasteiger partial charge in [-0.2, -0.15) is 4.37 Å². The van der Waals surface area contributed by atoms with Crippen molar-refractivity contribution >= 4 is 23.1 Å². The van der Waals surface area contributed by atoms with E-state index in [-0.39, 0.29) is 5.91 Å². The normalized spacial score (nSPS) is 10.2. The molecule has 0 saturated heterocycles. The minimum atomic E-state index is -0.188. The van der Waals surface area contributed by atoms with Crippen molar-refractivity contribution in [2.75, 3.05) is 19.4 Å². The second-order valence-corrected chi connectivity index (χ2v) is 4.64. The Kier molecular flexibility index (Phi) is 4.01. The Morgan fingerprint density at radius 2 is 2.32 bits per heavy atom. The summed E-state index contributed by atoms with van der Waals surface area (Å²) in [4.78, 5) is 12.2. The van der Waals surface area contributed by atoms with Gasteiger partial charge in [0.15, 0.2) is 0 Å². The molecule has 0 fully saturated rings. The molecule has 0 bridgehead atoms. The SMILES string of the molecule is CCNC(=O)c1snc(-c2cccc(OC)c2)c1N. The molecule has 1 aromatic carbocycles. The lowest BCUT2D eigenvalue weighted by molar-refractivity contribution is 0.0960. The standard InChI is InChI=1S/C13H15N3O2S/c1-3-15-13(17)12-10(14)11(16-19-12)8-5-4-6-9(7-8)18-2/h4-7H,3,14H2,1-2H3,(H,15,17). The molecule has 2 aromatic rings. The Bertz CT molecular complexity index is 595. The van der Waals surface area contributed by atoms with Gasteiger partial charge in [0.25, 0.3) is 5.91 Å². The van der Waals surface area contributed by atoms with E-state index in [1.807, 2.05) is 31.2 Å². The number of rotatable bonds is 4. The van der Waals surface area contributed by atoms with Crippen molar-refractivity contribution < 1.29 is 9.53 Å². The van der Waals surface area contributed by atoms with E-state index in [0.717, 1.165) is 22.8 Å². The third kappa shape index (κ3) is 2.68. The highest BCUT2D eigenvalue weighted by molar-refractivity contribution is 7.09. The van der Waals surface area contributed by atoms with E-state index in [0.29, 0.717) is 22.8 Å². The number of benzene rings is 1. The number of methoxy groups -OCH3 is 1. The van der Waals surface area contributed by atoms with Crippen LogP contribution in [0.4, 0.5) is 5.69 Å². The first kappa shape index (κ1) is 13.4. The average Bonchev–Trinajstić information content (AvgIpc) is 2.81. The summed E-state index contributed by atoms with van der Waals surface area (Å²) in [5.41, 5.74) is 7.86. The van der Waals surface area contributed by atoms with Gasteiger partial charge in [0.2, 0.25) is 0 Å². The first-order valence-electron chi connectivity index (χ1n) is 5.85. The molecule has 19 heavy (non-hydrogen) atoms. The van der Waals surface area contributed by atoms with Crippen LogP contribution in [0.1, 0.15) is 16.6 Å².